The normalized spacial score (nSPS) is 13.3. The Kier molecular flexibility index (Phi) is 3.26. The summed E-state index contributed by atoms with van der Waals surface area (Å²) in [6.07, 6.45) is 0.739. The van der Waals surface area contributed by atoms with E-state index >= 15 is 0 Å². The topological polar surface area (TPSA) is 52.0 Å². The van der Waals surface area contributed by atoms with Gasteiger partial charge in [0.25, 0.3) is 0 Å². The van der Waals surface area contributed by atoms with E-state index in [0.717, 1.165) is 6.42 Å². The molecule has 0 spiro atoms. The molecule has 0 aromatic heterocycles. The van der Waals surface area contributed by atoms with Gasteiger partial charge in [0.15, 0.2) is 0 Å². The number of hydrogen-bond acceptors (Lipinski definition) is 2. The Morgan fingerprint density at radius 3 is 2.25 bits per heavy atom. The number of rotatable bonds is 3. The third-order valence-electron chi connectivity index (χ3n) is 2.06. The zero-order valence-electron chi connectivity index (χ0n) is 7.40. The van der Waals surface area contributed by atoms with E-state index in [1.54, 1.807) is 0 Å². The minimum atomic E-state index is -0.217. The fraction of sp³-hybridized carbons (Fsp3) is 0.400. The van der Waals surface area contributed by atoms with E-state index in [9.17, 15) is 0 Å². The molecule has 2 nitrogen and oxygen atoms in total. The van der Waals surface area contributed by atoms with Gasteiger partial charge in [0, 0.05) is 0 Å². The van der Waals surface area contributed by atoms with Crippen LogP contribution in [-0.2, 0) is 6.42 Å². The Bertz CT molecular complexity index is 219. The maximum Gasteiger partial charge on any atom is 0.0550 e. The fourth-order valence-electron chi connectivity index (χ4n) is 1.12. The second-order valence-corrected chi connectivity index (χ2v) is 3.24. The monoisotopic (exact) mass is 164 g/mol. The summed E-state index contributed by atoms with van der Waals surface area (Å²) in [4.78, 5) is 0. The van der Waals surface area contributed by atoms with E-state index in [-0.39, 0.29) is 6.17 Å². The van der Waals surface area contributed by atoms with E-state index in [0.29, 0.717) is 5.92 Å². The zero-order valence-corrected chi connectivity index (χ0v) is 7.40. The Labute approximate surface area is 73.6 Å². The molecule has 1 aromatic carbocycles. The van der Waals surface area contributed by atoms with Crippen molar-refractivity contribution in [3.05, 3.63) is 35.9 Å². The molecule has 0 bridgehead atoms. The lowest BCUT2D eigenvalue weighted by Gasteiger charge is -2.14. The molecule has 0 saturated carbocycles. The van der Waals surface area contributed by atoms with Gasteiger partial charge in [-0.2, -0.15) is 0 Å². The second-order valence-electron chi connectivity index (χ2n) is 3.24. The van der Waals surface area contributed by atoms with E-state index in [1.165, 1.54) is 5.56 Å². The Hall–Kier alpha value is -0.860. The highest BCUT2D eigenvalue weighted by Gasteiger charge is 2.07. The zero-order chi connectivity index (χ0) is 8.97. The lowest BCUT2D eigenvalue weighted by atomic mass is 9.99. The Morgan fingerprint density at radius 1 is 1.17 bits per heavy atom. The van der Waals surface area contributed by atoms with Crippen molar-refractivity contribution in [3.8, 4) is 0 Å². The molecule has 0 heterocycles. The van der Waals surface area contributed by atoms with Crippen LogP contribution in [0.4, 0.5) is 0 Å². The predicted molar refractivity (Wildman–Crippen MR) is 51.5 cm³/mol. The molecule has 0 fully saturated rings. The van der Waals surface area contributed by atoms with Crippen molar-refractivity contribution in [1.82, 2.24) is 0 Å². The summed E-state index contributed by atoms with van der Waals surface area (Å²) in [6.45, 7) is 2.07. The number of hydrogen-bond donors (Lipinski definition) is 2. The molecular weight excluding hydrogens is 148 g/mol. The molecular formula is C10H16N2. The van der Waals surface area contributed by atoms with Gasteiger partial charge < -0.3 is 11.5 Å². The highest BCUT2D eigenvalue weighted by Crippen LogP contribution is 2.08. The molecule has 0 saturated heterocycles. The van der Waals surface area contributed by atoms with Crippen LogP contribution in [0, 0.1) is 5.92 Å². The minimum Gasteiger partial charge on any atom is -0.316 e. The van der Waals surface area contributed by atoms with Crippen LogP contribution >= 0.6 is 0 Å². The van der Waals surface area contributed by atoms with E-state index in [2.05, 4.69) is 19.1 Å². The largest absolute Gasteiger partial charge is 0.316 e. The van der Waals surface area contributed by atoms with Gasteiger partial charge in [-0.05, 0) is 17.9 Å². The van der Waals surface area contributed by atoms with Crippen molar-refractivity contribution < 1.29 is 0 Å². The molecule has 1 aromatic rings. The van der Waals surface area contributed by atoms with Crippen LogP contribution in [0.3, 0.4) is 0 Å². The van der Waals surface area contributed by atoms with Gasteiger partial charge in [-0.15, -0.1) is 0 Å². The summed E-state index contributed by atoms with van der Waals surface area (Å²) in [6, 6.07) is 10.3. The summed E-state index contributed by atoms with van der Waals surface area (Å²) in [7, 11) is 0. The summed E-state index contributed by atoms with van der Waals surface area (Å²) in [5.74, 6) is 0.340. The lowest BCUT2D eigenvalue weighted by Crippen LogP contribution is -2.38. The number of benzene rings is 1. The smallest absolute Gasteiger partial charge is 0.0550 e. The predicted octanol–water partition coefficient (Wildman–Crippen LogP) is 1.11. The quantitative estimate of drug-likeness (QED) is 0.657. The third-order valence-corrected chi connectivity index (χ3v) is 2.06. The average molecular weight is 164 g/mol. The fourth-order valence-corrected chi connectivity index (χ4v) is 1.12. The maximum atomic E-state index is 5.56. The molecule has 2 heteroatoms. The number of nitrogens with two attached hydrogens (primary N) is 2. The molecule has 1 atom stereocenters. The molecule has 4 N–H and O–H groups in total. The first-order chi connectivity index (χ1) is 5.70. The van der Waals surface area contributed by atoms with Crippen LogP contribution in [-0.4, -0.2) is 6.17 Å². The minimum absolute atomic E-state index is 0.217. The molecule has 1 rings (SSSR count). The molecule has 0 amide bonds. The van der Waals surface area contributed by atoms with Gasteiger partial charge in [-0.25, -0.2) is 0 Å². The summed E-state index contributed by atoms with van der Waals surface area (Å²) in [5.41, 5.74) is 12.4. The van der Waals surface area contributed by atoms with Gasteiger partial charge in [0.1, 0.15) is 0 Å². The van der Waals surface area contributed by atoms with Crippen molar-refractivity contribution >= 4 is 0 Å². The molecule has 0 aliphatic rings. The second kappa shape index (κ2) is 4.24. The standard InChI is InChI=1S/C10H16N2/c1-8(10(11)12)7-9-5-3-2-4-6-9/h2-6,8,10H,7,11-12H2,1H3. The van der Waals surface area contributed by atoms with E-state index < -0.39 is 0 Å². The summed E-state index contributed by atoms with van der Waals surface area (Å²) >= 11 is 0. The van der Waals surface area contributed by atoms with Crippen molar-refractivity contribution in [2.24, 2.45) is 17.4 Å². The van der Waals surface area contributed by atoms with Crippen molar-refractivity contribution in [1.29, 1.82) is 0 Å². The Morgan fingerprint density at radius 2 is 1.75 bits per heavy atom. The van der Waals surface area contributed by atoms with Crippen molar-refractivity contribution in [3.63, 3.8) is 0 Å². The first kappa shape index (κ1) is 9.23. The van der Waals surface area contributed by atoms with Gasteiger partial charge in [-0.1, -0.05) is 37.3 Å². The van der Waals surface area contributed by atoms with Gasteiger partial charge >= 0.3 is 0 Å². The lowest BCUT2D eigenvalue weighted by molar-refractivity contribution is 0.465. The molecule has 1 unspecified atom stereocenters. The highest BCUT2D eigenvalue weighted by molar-refractivity contribution is 5.15. The van der Waals surface area contributed by atoms with Crippen molar-refractivity contribution in [2.45, 2.75) is 19.5 Å². The first-order valence-corrected chi connectivity index (χ1v) is 4.25. The SMILES string of the molecule is CC(Cc1ccccc1)C(N)N. The average Bonchev–Trinajstić information content (AvgIpc) is 2.06. The van der Waals surface area contributed by atoms with Crippen LogP contribution in [0.15, 0.2) is 30.3 Å². The summed E-state index contributed by atoms with van der Waals surface area (Å²) in [5, 5.41) is 0. The first-order valence-electron chi connectivity index (χ1n) is 4.25. The molecule has 0 aliphatic heterocycles. The highest BCUT2D eigenvalue weighted by atomic mass is 14.9. The molecule has 12 heavy (non-hydrogen) atoms. The van der Waals surface area contributed by atoms with E-state index in [4.69, 9.17) is 11.5 Å². The van der Waals surface area contributed by atoms with Crippen molar-refractivity contribution in [2.75, 3.05) is 0 Å². The van der Waals surface area contributed by atoms with Crippen LogP contribution < -0.4 is 11.5 Å². The third kappa shape index (κ3) is 2.64. The Balaban J connectivity index is 2.53. The van der Waals surface area contributed by atoms with E-state index in [1.807, 2.05) is 18.2 Å². The maximum absolute atomic E-state index is 5.56. The van der Waals surface area contributed by atoms with Crippen LogP contribution in [0.2, 0.25) is 0 Å². The molecule has 66 valence electrons. The van der Waals surface area contributed by atoms with Crippen LogP contribution in [0.1, 0.15) is 12.5 Å². The van der Waals surface area contributed by atoms with Gasteiger partial charge in [0.2, 0.25) is 0 Å². The molecule has 0 radical (unpaired) electrons. The van der Waals surface area contributed by atoms with Crippen LogP contribution in [0.25, 0.3) is 0 Å². The van der Waals surface area contributed by atoms with Gasteiger partial charge in [0.05, 0.1) is 6.17 Å². The van der Waals surface area contributed by atoms with Gasteiger partial charge in [-0.3, -0.25) is 0 Å². The van der Waals surface area contributed by atoms with Crippen LogP contribution in [0.5, 0.6) is 0 Å². The summed E-state index contributed by atoms with van der Waals surface area (Å²) < 4.78 is 0. The molecule has 0 aliphatic carbocycles.